The number of amides is 1. The van der Waals surface area contributed by atoms with E-state index in [-0.39, 0.29) is 24.4 Å². The minimum atomic E-state index is -0.0174. The highest BCUT2D eigenvalue weighted by atomic mass is 35.5. The average Bonchev–Trinajstić information content (AvgIpc) is 2.91. The van der Waals surface area contributed by atoms with Gasteiger partial charge in [-0.3, -0.25) is 4.79 Å². The fourth-order valence-electron chi connectivity index (χ4n) is 2.13. The molecule has 1 unspecified atom stereocenters. The summed E-state index contributed by atoms with van der Waals surface area (Å²) in [6.45, 7) is 1.97. The first-order valence-electron chi connectivity index (χ1n) is 6.53. The van der Waals surface area contributed by atoms with Crippen molar-refractivity contribution < 1.29 is 9.53 Å². The molecule has 1 saturated heterocycles. The van der Waals surface area contributed by atoms with Gasteiger partial charge in [0.15, 0.2) is 0 Å². The summed E-state index contributed by atoms with van der Waals surface area (Å²) in [7, 11) is 1.81. The number of nitrogens with one attached hydrogen (secondary N) is 1. The highest BCUT2D eigenvalue weighted by Crippen LogP contribution is 2.17. The lowest BCUT2D eigenvalue weighted by atomic mass is 10.2. The van der Waals surface area contributed by atoms with E-state index in [1.165, 1.54) is 0 Å². The smallest absolute Gasteiger partial charge is 0.239 e. The lowest BCUT2D eigenvalue weighted by Crippen LogP contribution is -2.43. The first kappa shape index (κ1) is 17.1. The van der Waals surface area contributed by atoms with Crippen LogP contribution >= 0.6 is 24.0 Å². The second-order valence-electron chi connectivity index (χ2n) is 4.71. The van der Waals surface area contributed by atoms with Crippen LogP contribution in [0.25, 0.3) is 0 Å². The van der Waals surface area contributed by atoms with Crippen LogP contribution in [0.5, 0.6) is 5.75 Å². The first-order chi connectivity index (χ1) is 9.16. The number of ether oxygens (including phenoxy) is 1. The van der Waals surface area contributed by atoms with E-state index in [0.717, 1.165) is 25.1 Å². The largest absolute Gasteiger partial charge is 0.492 e. The van der Waals surface area contributed by atoms with Gasteiger partial charge < -0.3 is 15.0 Å². The minimum Gasteiger partial charge on any atom is -0.492 e. The fourth-order valence-corrected chi connectivity index (χ4v) is 2.31. The fraction of sp³-hybridized carbons (Fsp3) is 0.500. The van der Waals surface area contributed by atoms with E-state index in [4.69, 9.17) is 16.3 Å². The predicted molar refractivity (Wildman–Crippen MR) is 82.9 cm³/mol. The molecule has 0 aliphatic carbocycles. The van der Waals surface area contributed by atoms with Crippen molar-refractivity contribution in [3.63, 3.8) is 0 Å². The van der Waals surface area contributed by atoms with E-state index in [9.17, 15) is 4.79 Å². The van der Waals surface area contributed by atoms with Crippen molar-refractivity contribution in [2.45, 2.75) is 18.9 Å². The van der Waals surface area contributed by atoms with Crippen molar-refractivity contribution in [3.8, 4) is 5.75 Å². The van der Waals surface area contributed by atoms with E-state index in [1.807, 2.05) is 19.2 Å². The van der Waals surface area contributed by atoms with Crippen molar-refractivity contribution in [2.75, 3.05) is 26.7 Å². The summed E-state index contributed by atoms with van der Waals surface area (Å²) in [6.07, 6.45) is 2.00. The Kier molecular flexibility index (Phi) is 7.13. The number of hydrogen-bond acceptors (Lipinski definition) is 3. The molecule has 1 aromatic carbocycles. The zero-order valence-electron chi connectivity index (χ0n) is 11.5. The van der Waals surface area contributed by atoms with Gasteiger partial charge in [0, 0.05) is 12.1 Å². The summed E-state index contributed by atoms with van der Waals surface area (Å²) in [6, 6.07) is 7.25. The zero-order chi connectivity index (χ0) is 13.7. The van der Waals surface area contributed by atoms with Crippen LogP contribution < -0.4 is 10.1 Å². The van der Waals surface area contributed by atoms with Crippen molar-refractivity contribution >= 4 is 29.9 Å². The quantitative estimate of drug-likeness (QED) is 0.906. The molecule has 1 atom stereocenters. The average molecular weight is 319 g/mol. The van der Waals surface area contributed by atoms with Crippen molar-refractivity contribution in [1.82, 2.24) is 10.2 Å². The molecule has 0 saturated carbocycles. The molecule has 112 valence electrons. The standard InChI is InChI=1S/C14H19ClN2O2.ClH/c1-17(14(18)13-6-3-7-16-13)8-9-19-12-5-2-4-11(15)10-12;/h2,4-5,10,13,16H,3,6-9H2,1H3;1H. The molecular weight excluding hydrogens is 299 g/mol. The Hall–Kier alpha value is -0.970. The molecule has 2 rings (SSSR count). The van der Waals surface area contributed by atoms with E-state index in [1.54, 1.807) is 17.0 Å². The second-order valence-corrected chi connectivity index (χ2v) is 5.15. The summed E-state index contributed by atoms with van der Waals surface area (Å²) in [5.74, 6) is 0.875. The predicted octanol–water partition coefficient (Wildman–Crippen LogP) is 2.35. The van der Waals surface area contributed by atoms with Gasteiger partial charge in [-0.2, -0.15) is 0 Å². The molecule has 0 radical (unpaired) electrons. The third kappa shape index (κ3) is 4.85. The molecule has 1 aliphatic heterocycles. The van der Waals surface area contributed by atoms with Gasteiger partial charge in [-0.15, -0.1) is 12.4 Å². The number of likely N-dealkylation sites (N-methyl/N-ethyl adjacent to an activating group) is 1. The zero-order valence-corrected chi connectivity index (χ0v) is 13.0. The van der Waals surface area contributed by atoms with Gasteiger partial charge in [0.05, 0.1) is 12.6 Å². The molecule has 1 N–H and O–H groups in total. The third-order valence-corrected chi connectivity index (χ3v) is 3.46. The first-order valence-corrected chi connectivity index (χ1v) is 6.91. The number of carbonyl (C=O) groups excluding carboxylic acids is 1. The second kappa shape index (κ2) is 8.35. The van der Waals surface area contributed by atoms with Gasteiger partial charge in [0.25, 0.3) is 0 Å². The van der Waals surface area contributed by atoms with Crippen LogP contribution in [0.4, 0.5) is 0 Å². The van der Waals surface area contributed by atoms with Gasteiger partial charge in [-0.25, -0.2) is 0 Å². The lowest BCUT2D eigenvalue weighted by Gasteiger charge is -2.21. The van der Waals surface area contributed by atoms with Gasteiger partial charge in [-0.05, 0) is 37.6 Å². The summed E-state index contributed by atoms with van der Waals surface area (Å²) in [5, 5.41) is 3.85. The molecule has 0 spiro atoms. The third-order valence-electron chi connectivity index (χ3n) is 3.23. The van der Waals surface area contributed by atoms with Gasteiger partial charge in [0.1, 0.15) is 12.4 Å². The van der Waals surface area contributed by atoms with Crippen molar-refractivity contribution in [2.24, 2.45) is 0 Å². The van der Waals surface area contributed by atoms with Crippen LogP contribution in [0.1, 0.15) is 12.8 Å². The van der Waals surface area contributed by atoms with Gasteiger partial charge in [0.2, 0.25) is 5.91 Å². The summed E-state index contributed by atoms with van der Waals surface area (Å²) < 4.78 is 5.57. The minimum absolute atomic E-state index is 0. The molecule has 1 aromatic rings. The van der Waals surface area contributed by atoms with Crippen LogP contribution in [0.2, 0.25) is 5.02 Å². The normalized spacial score (nSPS) is 17.4. The summed E-state index contributed by atoms with van der Waals surface area (Å²) in [5.41, 5.74) is 0. The maximum absolute atomic E-state index is 12.0. The number of nitrogens with zero attached hydrogens (tertiary/aromatic N) is 1. The Labute approximate surface area is 130 Å². The van der Waals surface area contributed by atoms with Crippen molar-refractivity contribution in [1.29, 1.82) is 0 Å². The van der Waals surface area contributed by atoms with E-state index in [2.05, 4.69) is 5.32 Å². The lowest BCUT2D eigenvalue weighted by molar-refractivity contribution is -0.132. The highest BCUT2D eigenvalue weighted by Gasteiger charge is 2.24. The van der Waals surface area contributed by atoms with E-state index < -0.39 is 0 Å². The van der Waals surface area contributed by atoms with Gasteiger partial charge in [-0.1, -0.05) is 17.7 Å². The number of carbonyl (C=O) groups is 1. The molecule has 20 heavy (non-hydrogen) atoms. The van der Waals surface area contributed by atoms with E-state index in [0.29, 0.717) is 18.2 Å². The Balaban J connectivity index is 0.00000200. The Morgan fingerprint density at radius 3 is 3.00 bits per heavy atom. The Morgan fingerprint density at radius 1 is 1.55 bits per heavy atom. The van der Waals surface area contributed by atoms with Crippen LogP contribution in [0.3, 0.4) is 0 Å². The van der Waals surface area contributed by atoms with Crippen molar-refractivity contribution in [3.05, 3.63) is 29.3 Å². The van der Waals surface area contributed by atoms with Gasteiger partial charge >= 0.3 is 0 Å². The molecule has 1 fully saturated rings. The van der Waals surface area contributed by atoms with E-state index >= 15 is 0 Å². The molecule has 0 bridgehead atoms. The monoisotopic (exact) mass is 318 g/mol. The number of hydrogen-bond donors (Lipinski definition) is 1. The van der Waals surface area contributed by atoms with Crippen LogP contribution in [0, 0.1) is 0 Å². The molecule has 1 heterocycles. The topological polar surface area (TPSA) is 41.6 Å². The molecule has 4 nitrogen and oxygen atoms in total. The molecule has 1 amide bonds. The molecule has 6 heteroatoms. The summed E-state index contributed by atoms with van der Waals surface area (Å²) in [4.78, 5) is 13.7. The van der Waals surface area contributed by atoms with Crippen LogP contribution in [-0.4, -0.2) is 43.6 Å². The summed E-state index contributed by atoms with van der Waals surface area (Å²) >= 11 is 5.87. The maximum atomic E-state index is 12.0. The SMILES string of the molecule is CN(CCOc1cccc(Cl)c1)C(=O)C1CCCN1.Cl. The number of rotatable bonds is 5. The number of benzene rings is 1. The Morgan fingerprint density at radius 2 is 2.35 bits per heavy atom. The maximum Gasteiger partial charge on any atom is 0.239 e. The van der Waals surface area contributed by atoms with Crippen LogP contribution in [-0.2, 0) is 4.79 Å². The highest BCUT2D eigenvalue weighted by molar-refractivity contribution is 6.30. The number of halogens is 2. The molecule has 1 aliphatic rings. The molecular formula is C14H20Cl2N2O2. The Bertz CT molecular complexity index is 437. The van der Waals surface area contributed by atoms with Crippen LogP contribution in [0.15, 0.2) is 24.3 Å². The molecule has 0 aromatic heterocycles.